The van der Waals surface area contributed by atoms with Crippen molar-refractivity contribution in [3.8, 4) is 5.75 Å². The second-order valence-corrected chi connectivity index (χ2v) is 10.2. The molecule has 0 saturated heterocycles. The number of hydrogen-bond donors (Lipinski definition) is 0. The van der Waals surface area contributed by atoms with Gasteiger partial charge in [0.05, 0.1) is 29.1 Å². The largest absolute Gasteiger partial charge is 0.494 e. The summed E-state index contributed by atoms with van der Waals surface area (Å²) in [7, 11) is 0. The van der Waals surface area contributed by atoms with Gasteiger partial charge in [-0.1, -0.05) is 56.7 Å². The Morgan fingerprint density at radius 3 is 2.66 bits per heavy atom. The molecule has 6 nitrogen and oxygen atoms in total. The third-order valence-electron chi connectivity index (χ3n) is 6.02. The van der Waals surface area contributed by atoms with Gasteiger partial charge in [0.2, 0.25) is 0 Å². The highest BCUT2D eigenvalue weighted by Gasteiger charge is 2.23. The molecule has 2 heterocycles. The molecule has 7 heteroatoms. The number of aromatic nitrogens is 3. The van der Waals surface area contributed by atoms with Crippen LogP contribution in [-0.4, -0.2) is 33.8 Å². The zero-order chi connectivity index (χ0) is 24.9. The third kappa shape index (κ3) is 5.73. The number of benzene rings is 2. The van der Waals surface area contributed by atoms with Crippen LogP contribution in [0.3, 0.4) is 0 Å². The maximum atomic E-state index is 13.8. The molecule has 1 amide bonds. The Kier molecular flexibility index (Phi) is 7.86. The summed E-state index contributed by atoms with van der Waals surface area (Å²) in [5.41, 5.74) is 4.81. The number of carbonyl (C=O) groups excluding carboxylic acids is 1. The summed E-state index contributed by atoms with van der Waals surface area (Å²) in [6.45, 7) is 12.2. The summed E-state index contributed by atoms with van der Waals surface area (Å²) < 4.78 is 8.90. The number of amides is 1. The lowest BCUT2D eigenvalue weighted by molar-refractivity contribution is 0.0985. The lowest BCUT2D eigenvalue weighted by atomic mass is 10.0. The maximum absolute atomic E-state index is 13.8. The van der Waals surface area contributed by atoms with Crippen molar-refractivity contribution in [3.05, 3.63) is 71.0 Å². The minimum Gasteiger partial charge on any atom is -0.494 e. The van der Waals surface area contributed by atoms with Crippen LogP contribution in [-0.2, 0) is 6.54 Å². The van der Waals surface area contributed by atoms with Crippen LogP contribution in [0.2, 0.25) is 0 Å². The molecule has 0 aliphatic rings. The Morgan fingerprint density at radius 2 is 1.94 bits per heavy atom. The fraction of sp³-hybridized carbons (Fsp3) is 0.393. The Labute approximate surface area is 211 Å². The van der Waals surface area contributed by atoms with Crippen molar-refractivity contribution in [2.24, 2.45) is 0 Å². The van der Waals surface area contributed by atoms with Crippen molar-refractivity contribution < 1.29 is 9.53 Å². The molecule has 0 atom stereocenters. The number of rotatable bonds is 10. The standard InChI is InChI=1S/C28H34N4O2S/c1-6-7-16-34-23-11-8-10-22(18-23)27(33)31(14-15-32-21(5)17-20(4)30-32)28-29-26-24(19(2)3)12-9-13-25(26)35-28/h8-13,17-19H,6-7,14-16H2,1-5H3. The van der Waals surface area contributed by atoms with Gasteiger partial charge in [-0.15, -0.1) is 0 Å². The second kappa shape index (κ2) is 11.0. The first-order valence-electron chi connectivity index (χ1n) is 12.3. The van der Waals surface area contributed by atoms with Crippen LogP contribution in [0.15, 0.2) is 48.5 Å². The van der Waals surface area contributed by atoms with Gasteiger partial charge in [0.15, 0.2) is 5.13 Å². The fourth-order valence-corrected chi connectivity index (χ4v) is 5.15. The minimum atomic E-state index is -0.0855. The first-order chi connectivity index (χ1) is 16.9. The SMILES string of the molecule is CCCCOc1cccc(C(=O)N(CCn2nc(C)cc2C)c2nc3c(C(C)C)cccc3s2)c1. The Bertz CT molecular complexity index is 1310. The monoisotopic (exact) mass is 490 g/mol. The average Bonchev–Trinajstić information content (AvgIpc) is 3.41. The van der Waals surface area contributed by atoms with E-state index in [4.69, 9.17) is 9.72 Å². The van der Waals surface area contributed by atoms with E-state index in [1.807, 2.05) is 42.8 Å². The van der Waals surface area contributed by atoms with Crippen molar-refractivity contribution in [2.45, 2.75) is 59.9 Å². The van der Waals surface area contributed by atoms with Crippen LogP contribution in [0.1, 0.15) is 66.8 Å². The molecule has 4 rings (SSSR count). The van der Waals surface area contributed by atoms with Crippen LogP contribution in [0, 0.1) is 13.8 Å². The number of nitrogens with zero attached hydrogens (tertiary/aromatic N) is 4. The molecule has 0 unspecified atom stereocenters. The quantitative estimate of drug-likeness (QED) is 0.230. The molecular weight excluding hydrogens is 456 g/mol. The summed E-state index contributed by atoms with van der Waals surface area (Å²) >= 11 is 1.56. The molecule has 0 spiro atoms. The molecule has 0 saturated carbocycles. The van der Waals surface area contributed by atoms with E-state index in [2.05, 4.69) is 50.1 Å². The van der Waals surface area contributed by atoms with Gasteiger partial charge < -0.3 is 4.74 Å². The second-order valence-electron chi connectivity index (χ2n) is 9.18. The highest BCUT2D eigenvalue weighted by Crippen LogP contribution is 2.34. The molecule has 0 fully saturated rings. The highest BCUT2D eigenvalue weighted by molar-refractivity contribution is 7.22. The van der Waals surface area contributed by atoms with Gasteiger partial charge in [0.25, 0.3) is 5.91 Å². The van der Waals surface area contributed by atoms with Crippen molar-refractivity contribution in [3.63, 3.8) is 0 Å². The number of fused-ring (bicyclic) bond motifs is 1. The normalized spacial score (nSPS) is 11.4. The van der Waals surface area contributed by atoms with E-state index in [9.17, 15) is 4.79 Å². The lowest BCUT2D eigenvalue weighted by Crippen LogP contribution is -2.34. The maximum Gasteiger partial charge on any atom is 0.260 e. The molecule has 0 radical (unpaired) electrons. The Morgan fingerprint density at radius 1 is 1.14 bits per heavy atom. The van der Waals surface area contributed by atoms with E-state index in [0.29, 0.717) is 42.1 Å². The number of anilines is 1. The van der Waals surface area contributed by atoms with Gasteiger partial charge in [0.1, 0.15) is 5.75 Å². The number of para-hydroxylation sites is 1. The van der Waals surface area contributed by atoms with Crippen molar-refractivity contribution in [2.75, 3.05) is 18.1 Å². The van der Waals surface area contributed by atoms with Crippen LogP contribution in [0.25, 0.3) is 10.2 Å². The molecule has 4 aromatic rings. The predicted molar refractivity (Wildman–Crippen MR) is 144 cm³/mol. The number of ether oxygens (including phenoxy) is 1. The van der Waals surface area contributed by atoms with Gasteiger partial charge in [0, 0.05) is 17.8 Å². The van der Waals surface area contributed by atoms with Crippen molar-refractivity contribution in [1.29, 1.82) is 0 Å². The van der Waals surface area contributed by atoms with Crippen LogP contribution in [0.5, 0.6) is 5.75 Å². The topological polar surface area (TPSA) is 60.2 Å². The van der Waals surface area contributed by atoms with Gasteiger partial charge in [-0.3, -0.25) is 14.4 Å². The van der Waals surface area contributed by atoms with E-state index < -0.39 is 0 Å². The van der Waals surface area contributed by atoms with Crippen LogP contribution < -0.4 is 9.64 Å². The fourth-order valence-electron chi connectivity index (χ4n) is 4.13. The molecule has 35 heavy (non-hydrogen) atoms. The number of unbranched alkanes of at least 4 members (excludes halogenated alkanes) is 1. The van der Waals surface area contributed by atoms with Crippen LogP contribution >= 0.6 is 11.3 Å². The number of thiazole rings is 1. The van der Waals surface area contributed by atoms with Gasteiger partial charge >= 0.3 is 0 Å². The van der Waals surface area contributed by atoms with E-state index in [-0.39, 0.29) is 5.91 Å². The van der Waals surface area contributed by atoms with Gasteiger partial charge in [-0.25, -0.2) is 4.98 Å². The zero-order valence-corrected chi connectivity index (χ0v) is 22.1. The summed E-state index contributed by atoms with van der Waals surface area (Å²) in [6.07, 6.45) is 2.05. The molecule has 2 aromatic carbocycles. The summed E-state index contributed by atoms with van der Waals surface area (Å²) in [6, 6.07) is 15.8. The third-order valence-corrected chi connectivity index (χ3v) is 7.07. The summed E-state index contributed by atoms with van der Waals surface area (Å²) in [4.78, 5) is 20.6. The Hall–Kier alpha value is -3.19. The minimum absolute atomic E-state index is 0.0855. The number of aryl methyl sites for hydroxylation is 2. The zero-order valence-electron chi connectivity index (χ0n) is 21.2. The van der Waals surface area contributed by atoms with Crippen LogP contribution in [0.4, 0.5) is 5.13 Å². The molecule has 0 aliphatic carbocycles. The highest BCUT2D eigenvalue weighted by atomic mass is 32.1. The van der Waals surface area contributed by atoms with E-state index in [0.717, 1.165) is 34.4 Å². The smallest absolute Gasteiger partial charge is 0.260 e. The lowest BCUT2D eigenvalue weighted by Gasteiger charge is -2.21. The van der Waals surface area contributed by atoms with E-state index in [1.54, 1.807) is 16.2 Å². The number of carbonyl (C=O) groups is 1. The number of hydrogen-bond acceptors (Lipinski definition) is 5. The van der Waals surface area contributed by atoms with Crippen molar-refractivity contribution in [1.82, 2.24) is 14.8 Å². The summed E-state index contributed by atoms with van der Waals surface area (Å²) in [5.74, 6) is 0.983. The van der Waals surface area contributed by atoms with Gasteiger partial charge in [-0.2, -0.15) is 5.10 Å². The molecule has 0 bridgehead atoms. The summed E-state index contributed by atoms with van der Waals surface area (Å²) in [5, 5.41) is 5.29. The molecular formula is C28H34N4O2S. The predicted octanol–water partition coefficient (Wildman–Crippen LogP) is 6.76. The Balaban J connectivity index is 1.68. The van der Waals surface area contributed by atoms with E-state index >= 15 is 0 Å². The van der Waals surface area contributed by atoms with Gasteiger partial charge in [-0.05, 0) is 62.1 Å². The molecule has 0 N–H and O–H groups in total. The van der Waals surface area contributed by atoms with E-state index in [1.165, 1.54) is 5.56 Å². The first kappa shape index (κ1) is 24.9. The first-order valence-corrected chi connectivity index (χ1v) is 13.1. The average molecular weight is 491 g/mol. The van der Waals surface area contributed by atoms with Crippen molar-refractivity contribution >= 4 is 32.6 Å². The molecule has 0 aliphatic heterocycles. The molecule has 184 valence electrons. The molecule has 2 aromatic heterocycles.